The highest BCUT2D eigenvalue weighted by Crippen LogP contribution is 2.23. The summed E-state index contributed by atoms with van der Waals surface area (Å²) in [6.45, 7) is 3.74. The molecule has 1 fully saturated rings. The van der Waals surface area contributed by atoms with Crippen LogP contribution in [0.25, 0.3) is 0 Å². The van der Waals surface area contributed by atoms with Crippen LogP contribution in [0.3, 0.4) is 0 Å². The van der Waals surface area contributed by atoms with Crippen molar-refractivity contribution >= 4 is 5.91 Å². The maximum Gasteiger partial charge on any atom is 0.223 e. The summed E-state index contributed by atoms with van der Waals surface area (Å²) in [5, 5.41) is 2.91. The minimum Gasteiger partial charge on any atom is -0.385 e. The van der Waals surface area contributed by atoms with Crippen molar-refractivity contribution in [3.8, 4) is 0 Å². The number of methoxy groups -OCH3 is 1. The highest BCUT2D eigenvalue weighted by atomic mass is 16.5. The van der Waals surface area contributed by atoms with Gasteiger partial charge in [0.1, 0.15) is 0 Å². The maximum atomic E-state index is 11.4. The van der Waals surface area contributed by atoms with Crippen molar-refractivity contribution in [1.29, 1.82) is 0 Å². The normalized spacial score (nSPS) is 25.4. The highest BCUT2D eigenvalue weighted by molar-refractivity contribution is 5.79. The zero-order valence-corrected chi connectivity index (χ0v) is 8.51. The molecule has 1 N–H and O–H groups in total. The number of ether oxygens (including phenoxy) is 1. The molecule has 2 atom stereocenters. The van der Waals surface area contributed by atoms with Gasteiger partial charge in [-0.3, -0.25) is 4.79 Å². The van der Waals surface area contributed by atoms with E-state index in [4.69, 9.17) is 4.74 Å². The van der Waals surface area contributed by atoms with E-state index in [0.717, 1.165) is 32.4 Å². The van der Waals surface area contributed by atoms with Crippen LogP contribution in [0, 0.1) is 11.8 Å². The van der Waals surface area contributed by atoms with Gasteiger partial charge in [0.25, 0.3) is 0 Å². The fourth-order valence-corrected chi connectivity index (χ4v) is 1.84. The summed E-state index contributed by atoms with van der Waals surface area (Å²) in [4.78, 5) is 11.4. The van der Waals surface area contributed by atoms with Gasteiger partial charge < -0.3 is 10.1 Å². The molecule has 0 aromatic rings. The summed E-state index contributed by atoms with van der Waals surface area (Å²) in [7, 11) is 1.70. The first kappa shape index (κ1) is 10.5. The third-order valence-corrected chi connectivity index (χ3v) is 2.79. The first-order valence-electron chi connectivity index (χ1n) is 5.02. The standard InChI is InChI=1S/C10H19NO2/c1-8(5-7-13-2)9-4-3-6-11-10(9)12/h8-9H,3-7H2,1-2H3,(H,11,12). The van der Waals surface area contributed by atoms with Gasteiger partial charge in [0.15, 0.2) is 0 Å². The molecule has 1 aliphatic heterocycles. The molecule has 13 heavy (non-hydrogen) atoms. The molecule has 1 rings (SSSR count). The van der Waals surface area contributed by atoms with Crippen LogP contribution in [-0.2, 0) is 9.53 Å². The quantitative estimate of drug-likeness (QED) is 0.714. The predicted octanol–water partition coefficient (Wildman–Crippen LogP) is 1.19. The summed E-state index contributed by atoms with van der Waals surface area (Å²) in [5.74, 6) is 0.888. The number of piperidine rings is 1. The Bertz CT molecular complexity index is 170. The lowest BCUT2D eigenvalue weighted by molar-refractivity contribution is -0.128. The molecule has 1 heterocycles. The number of rotatable bonds is 4. The second kappa shape index (κ2) is 5.22. The Morgan fingerprint density at radius 2 is 2.46 bits per heavy atom. The third kappa shape index (κ3) is 2.99. The first-order chi connectivity index (χ1) is 6.25. The van der Waals surface area contributed by atoms with Gasteiger partial charge in [0.2, 0.25) is 5.91 Å². The minimum atomic E-state index is 0.212. The van der Waals surface area contributed by atoms with E-state index in [0.29, 0.717) is 5.92 Å². The number of carbonyl (C=O) groups excluding carboxylic acids is 1. The molecule has 3 nitrogen and oxygen atoms in total. The molecule has 0 radical (unpaired) electrons. The smallest absolute Gasteiger partial charge is 0.223 e. The summed E-state index contributed by atoms with van der Waals surface area (Å²) < 4.78 is 5.01. The van der Waals surface area contributed by atoms with Crippen molar-refractivity contribution < 1.29 is 9.53 Å². The van der Waals surface area contributed by atoms with Crippen molar-refractivity contribution in [1.82, 2.24) is 5.32 Å². The van der Waals surface area contributed by atoms with Gasteiger partial charge in [-0.2, -0.15) is 0 Å². The average molecular weight is 185 g/mol. The van der Waals surface area contributed by atoms with E-state index < -0.39 is 0 Å². The van der Waals surface area contributed by atoms with Crippen LogP contribution in [0.15, 0.2) is 0 Å². The first-order valence-corrected chi connectivity index (χ1v) is 5.02. The Morgan fingerprint density at radius 1 is 1.69 bits per heavy atom. The monoisotopic (exact) mass is 185 g/mol. The minimum absolute atomic E-state index is 0.212. The summed E-state index contributed by atoms with van der Waals surface area (Å²) in [6, 6.07) is 0. The topological polar surface area (TPSA) is 38.3 Å². The third-order valence-electron chi connectivity index (χ3n) is 2.79. The molecule has 0 aromatic heterocycles. The van der Waals surface area contributed by atoms with E-state index >= 15 is 0 Å². The van der Waals surface area contributed by atoms with Crippen molar-refractivity contribution in [2.75, 3.05) is 20.3 Å². The van der Waals surface area contributed by atoms with Gasteiger partial charge in [0, 0.05) is 26.2 Å². The number of hydrogen-bond acceptors (Lipinski definition) is 2. The molecule has 0 saturated carbocycles. The molecule has 0 aliphatic carbocycles. The van der Waals surface area contributed by atoms with Gasteiger partial charge in [0.05, 0.1) is 0 Å². The lowest BCUT2D eigenvalue weighted by atomic mass is 9.85. The largest absolute Gasteiger partial charge is 0.385 e. The van der Waals surface area contributed by atoms with Crippen LogP contribution in [0.4, 0.5) is 0 Å². The molecule has 1 aliphatic rings. The van der Waals surface area contributed by atoms with E-state index in [2.05, 4.69) is 12.2 Å². The van der Waals surface area contributed by atoms with E-state index in [9.17, 15) is 4.79 Å². The van der Waals surface area contributed by atoms with E-state index in [1.165, 1.54) is 0 Å². The van der Waals surface area contributed by atoms with Crippen molar-refractivity contribution in [3.63, 3.8) is 0 Å². The molecule has 0 spiro atoms. The zero-order chi connectivity index (χ0) is 9.68. The molecule has 1 saturated heterocycles. The van der Waals surface area contributed by atoms with Crippen LogP contribution >= 0.6 is 0 Å². The molecule has 1 amide bonds. The van der Waals surface area contributed by atoms with Gasteiger partial charge in [-0.1, -0.05) is 6.92 Å². The Morgan fingerprint density at radius 3 is 3.08 bits per heavy atom. The number of carbonyl (C=O) groups is 1. The van der Waals surface area contributed by atoms with Crippen molar-refractivity contribution in [3.05, 3.63) is 0 Å². The fraction of sp³-hybridized carbons (Fsp3) is 0.900. The molecular formula is C10H19NO2. The van der Waals surface area contributed by atoms with Crippen LogP contribution < -0.4 is 5.32 Å². The Labute approximate surface area is 79.8 Å². The maximum absolute atomic E-state index is 11.4. The van der Waals surface area contributed by atoms with Gasteiger partial charge in [-0.05, 0) is 25.2 Å². The Hall–Kier alpha value is -0.570. The van der Waals surface area contributed by atoms with Crippen molar-refractivity contribution in [2.24, 2.45) is 11.8 Å². The van der Waals surface area contributed by atoms with Crippen molar-refractivity contribution in [2.45, 2.75) is 26.2 Å². The molecule has 2 unspecified atom stereocenters. The number of hydrogen-bond donors (Lipinski definition) is 1. The number of nitrogens with one attached hydrogen (secondary N) is 1. The summed E-state index contributed by atoms with van der Waals surface area (Å²) in [5.41, 5.74) is 0. The Kier molecular flexibility index (Phi) is 4.22. The lowest BCUT2D eigenvalue weighted by Crippen LogP contribution is -2.39. The van der Waals surface area contributed by atoms with E-state index in [-0.39, 0.29) is 11.8 Å². The van der Waals surface area contributed by atoms with Crippen LogP contribution in [-0.4, -0.2) is 26.2 Å². The predicted molar refractivity (Wildman–Crippen MR) is 51.4 cm³/mol. The second-order valence-electron chi connectivity index (χ2n) is 3.80. The molecule has 76 valence electrons. The molecular weight excluding hydrogens is 166 g/mol. The molecule has 0 aromatic carbocycles. The average Bonchev–Trinajstić information content (AvgIpc) is 2.15. The lowest BCUT2D eigenvalue weighted by Gasteiger charge is -2.26. The van der Waals surface area contributed by atoms with E-state index in [1.807, 2.05) is 0 Å². The summed E-state index contributed by atoms with van der Waals surface area (Å²) in [6.07, 6.45) is 3.14. The van der Waals surface area contributed by atoms with E-state index in [1.54, 1.807) is 7.11 Å². The number of amides is 1. The summed E-state index contributed by atoms with van der Waals surface area (Å²) >= 11 is 0. The zero-order valence-electron chi connectivity index (χ0n) is 8.51. The molecule has 3 heteroatoms. The van der Waals surface area contributed by atoms with Crippen LogP contribution in [0.1, 0.15) is 26.2 Å². The Balaban J connectivity index is 2.34. The van der Waals surface area contributed by atoms with Crippen LogP contribution in [0.5, 0.6) is 0 Å². The van der Waals surface area contributed by atoms with Gasteiger partial charge in [-0.25, -0.2) is 0 Å². The fourth-order valence-electron chi connectivity index (χ4n) is 1.84. The van der Waals surface area contributed by atoms with Crippen LogP contribution in [0.2, 0.25) is 0 Å². The molecule has 0 bridgehead atoms. The van der Waals surface area contributed by atoms with Gasteiger partial charge >= 0.3 is 0 Å². The highest BCUT2D eigenvalue weighted by Gasteiger charge is 2.26. The second-order valence-corrected chi connectivity index (χ2v) is 3.80. The SMILES string of the molecule is COCCC(C)C1CCCNC1=O. The van der Waals surface area contributed by atoms with Gasteiger partial charge in [-0.15, -0.1) is 0 Å².